The van der Waals surface area contributed by atoms with Crippen LogP contribution in [0.15, 0.2) is 53.4 Å². The molecule has 0 aliphatic carbocycles. The van der Waals surface area contributed by atoms with Crippen LogP contribution in [0.1, 0.15) is 46.1 Å². The molecule has 6 nitrogen and oxygen atoms in total. The van der Waals surface area contributed by atoms with E-state index in [9.17, 15) is 13.2 Å². The topological polar surface area (TPSA) is 84.5 Å². The fraction of sp³-hybridized carbons (Fsp3) is 0.381. The van der Waals surface area contributed by atoms with Crippen LogP contribution >= 0.6 is 0 Å². The molecular weight excluding hydrogens is 376 g/mol. The van der Waals surface area contributed by atoms with Crippen LogP contribution in [0.5, 0.6) is 5.75 Å². The Balaban J connectivity index is 1.98. The van der Waals surface area contributed by atoms with Crippen molar-refractivity contribution in [1.29, 1.82) is 0 Å². The summed E-state index contributed by atoms with van der Waals surface area (Å²) in [5, 5.41) is 2.73. The first-order valence-corrected chi connectivity index (χ1v) is 10.8. The van der Waals surface area contributed by atoms with Crippen LogP contribution < -0.4 is 14.8 Å². The van der Waals surface area contributed by atoms with Crippen LogP contribution in [-0.4, -0.2) is 26.5 Å². The SMILES string of the molecule is CC(C)NS(=O)(=O)c1ccc(NC(=O)[C@@H](C)Oc2ccc(C(C)C)cc2)cc1. The van der Waals surface area contributed by atoms with Gasteiger partial charge in [0.05, 0.1) is 4.90 Å². The smallest absolute Gasteiger partial charge is 0.265 e. The minimum atomic E-state index is -3.56. The third-order valence-electron chi connectivity index (χ3n) is 4.05. The van der Waals surface area contributed by atoms with Gasteiger partial charge in [0.1, 0.15) is 5.75 Å². The van der Waals surface area contributed by atoms with Crippen LogP contribution in [0.4, 0.5) is 5.69 Å². The van der Waals surface area contributed by atoms with Crippen molar-refractivity contribution in [2.45, 2.75) is 57.6 Å². The average molecular weight is 405 g/mol. The summed E-state index contributed by atoms with van der Waals surface area (Å²) in [6.45, 7) is 9.40. The fourth-order valence-electron chi connectivity index (χ4n) is 2.53. The van der Waals surface area contributed by atoms with Crippen molar-refractivity contribution in [3.63, 3.8) is 0 Å². The Hall–Kier alpha value is -2.38. The van der Waals surface area contributed by atoms with Crippen LogP contribution in [-0.2, 0) is 14.8 Å². The second kappa shape index (κ2) is 9.21. The highest BCUT2D eigenvalue weighted by Crippen LogP contribution is 2.20. The van der Waals surface area contributed by atoms with E-state index in [1.165, 1.54) is 17.7 Å². The van der Waals surface area contributed by atoms with E-state index >= 15 is 0 Å². The fourth-order valence-corrected chi connectivity index (χ4v) is 3.78. The predicted molar refractivity (Wildman–Crippen MR) is 111 cm³/mol. The Bertz CT molecular complexity index is 889. The number of rotatable bonds is 8. The molecule has 0 unspecified atom stereocenters. The quantitative estimate of drug-likeness (QED) is 0.699. The van der Waals surface area contributed by atoms with Gasteiger partial charge in [0.2, 0.25) is 10.0 Å². The lowest BCUT2D eigenvalue weighted by Crippen LogP contribution is -2.31. The van der Waals surface area contributed by atoms with Crippen LogP contribution in [0, 0.1) is 0 Å². The van der Waals surface area contributed by atoms with Gasteiger partial charge in [-0.3, -0.25) is 4.79 Å². The molecule has 2 aromatic carbocycles. The molecule has 2 rings (SSSR count). The average Bonchev–Trinajstić information content (AvgIpc) is 2.61. The van der Waals surface area contributed by atoms with Crippen LogP contribution in [0.3, 0.4) is 0 Å². The molecule has 0 heterocycles. The maximum atomic E-state index is 12.4. The summed E-state index contributed by atoms with van der Waals surface area (Å²) in [4.78, 5) is 12.5. The molecule has 28 heavy (non-hydrogen) atoms. The second-order valence-corrected chi connectivity index (χ2v) is 8.99. The zero-order valence-electron chi connectivity index (χ0n) is 16.9. The number of anilines is 1. The summed E-state index contributed by atoms with van der Waals surface area (Å²) >= 11 is 0. The standard InChI is InChI=1S/C21H28N2O4S/c1-14(2)17-6-10-19(11-7-17)27-16(5)21(24)22-18-8-12-20(13-9-18)28(25,26)23-15(3)4/h6-16,23H,1-5H3,(H,22,24)/t16-/m1/s1. The molecule has 1 atom stereocenters. The monoisotopic (exact) mass is 404 g/mol. The van der Waals surface area contributed by atoms with Gasteiger partial charge in [0.25, 0.3) is 5.91 Å². The van der Waals surface area contributed by atoms with Gasteiger partial charge < -0.3 is 10.1 Å². The van der Waals surface area contributed by atoms with E-state index in [0.717, 1.165) is 0 Å². The molecule has 0 spiro atoms. The van der Waals surface area contributed by atoms with E-state index in [-0.39, 0.29) is 16.8 Å². The Labute approximate surface area is 167 Å². The Kier molecular flexibility index (Phi) is 7.21. The van der Waals surface area contributed by atoms with E-state index in [1.807, 2.05) is 24.3 Å². The van der Waals surface area contributed by atoms with Gasteiger partial charge in [-0.05, 0) is 68.7 Å². The molecule has 0 aliphatic rings. The Morgan fingerprint density at radius 3 is 1.96 bits per heavy atom. The van der Waals surface area contributed by atoms with Gasteiger partial charge in [-0.1, -0.05) is 26.0 Å². The first-order chi connectivity index (χ1) is 13.1. The zero-order valence-corrected chi connectivity index (χ0v) is 17.7. The minimum absolute atomic E-state index is 0.147. The van der Waals surface area contributed by atoms with E-state index in [2.05, 4.69) is 23.9 Å². The molecule has 0 bridgehead atoms. The number of carbonyl (C=O) groups excluding carboxylic acids is 1. The third-order valence-corrected chi connectivity index (χ3v) is 5.73. The van der Waals surface area contributed by atoms with Gasteiger partial charge in [0, 0.05) is 11.7 Å². The van der Waals surface area contributed by atoms with Crippen molar-refractivity contribution >= 4 is 21.6 Å². The number of carbonyl (C=O) groups is 1. The van der Waals surface area contributed by atoms with E-state index < -0.39 is 16.1 Å². The molecule has 1 amide bonds. The highest BCUT2D eigenvalue weighted by molar-refractivity contribution is 7.89. The number of amides is 1. The normalized spacial score (nSPS) is 12.8. The molecule has 7 heteroatoms. The van der Waals surface area contributed by atoms with E-state index in [0.29, 0.717) is 17.4 Å². The lowest BCUT2D eigenvalue weighted by Gasteiger charge is -2.16. The zero-order chi connectivity index (χ0) is 20.9. The molecule has 0 aromatic heterocycles. The number of nitrogens with one attached hydrogen (secondary N) is 2. The van der Waals surface area contributed by atoms with Gasteiger partial charge in [0.15, 0.2) is 6.10 Å². The molecule has 0 saturated heterocycles. The molecular formula is C21H28N2O4S. The number of hydrogen-bond donors (Lipinski definition) is 2. The second-order valence-electron chi connectivity index (χ2n) is 7.27. The first kappa shape index (κ1) is 21.9. The van der Waals surface area contributed by atoms with Crippen molar-refractivity contribution < 1.29 is 17.9 Å². The van der Waals surface area contributed by atoms with Crippen molar-refractivity contribution in [3.8, 4) is 5.75 Å². The molecule has 0 fully saturated rings. The molecule has 0 radical (unpaired) electrons. The molecule has 2 aromatic rings. The lowest BCUT2D eigenvalue weighted by molar-refractivity contribution is -0.122. The van der Waals surface area contributed by atoms with E-state index in [4.69, 9.17) is 4.74 Å². The van der Waals surface area contributed by atoms with Crippen LogP contribution in [0.25, 0.3) is 0 Å². The van der Waals surface area contributed by atoms with Crippen molar-refractivity contribution in [3.05, 3.63) is 54.1 Å². The lowest BCUT2D eigenvalue weighted by atomic mass is 10.0. The molecule has 0 aliphatic heterocycles. The van der Waals surface area contributed by atoms with Gasteiger partial charge in [-0.15, -0.1) is 0 Å². The Morgan fingerprint density at radius 2 is 1.46 bits per heavy atom. The van der Waals surface area contributed by atoms with Gasteiger partial charge >= 0.3 is 0 Å². The van der Waals surface area contributed by atoms with Crippen molar-refractivity contribution in [1.82, 2.24) is 4.72 Å². The maximum absolute atomic E-state index is 12.4. The minimum Gasteiger partial charge on any atom is -0.481 e. The largest absolute Gasteiger partial charge is 0.481 e. The molecule has 152 valence electrons. The third kappa shape index (κ3) is 6.07. The van der Waals surface area contributed by atoms with Gasteiger partial charge in [-0.25, -0.2) is 13.1 Å². The van der Waals surface area contributed by atoms with E-state index in [1.54, 1.807) is 32.9 Å². The Morgan fingerprint density at radius 1 is 0.893 bits per heavy atom. The van der Waals surface area contributed by atoms with Crippen LogP contribution in [0.2, 0.25) is 0 Å². The highest BCUT2D eigenvalue weighted by atomic mass is 32.2. The number of benzene rings is 2. The summed E-state index contributed by atoms with van der Waals surface area (Å²) in [6.07, 6.45) is -0.698. The number of sulfonamides is 1. The molecule has 0 saturated carbocycles. The predicted octanol–water partition coefficient (Wildman–Crippen LogP) is 3.90. The molecule has 2 N–H and O–H groups in total. The number of hydrogen-bond acceptors (Lipinski definition) is 4. The summed E-state index contributed by atoms with van der Waals surface area (Å²) in [7, 11) is -3.56. The summed E-state index contributed by atoms with van der Waals surface area (Å²) in [5.74, 6) is 0.731. The van der Waals surface area contributed by atoms with Crippen molar-refractivity contribution in [2.75, 3.05) is 5.32 Å². The highest BCUT2D eigenvalue weighted by Gasteiger charge is 2.17. The van der Waals surface area contributed by atoms with Crippen molar-refractivity contribution in [2.24, 2.45) is 0 Å². The number of ether oxygens (including phenoxy) is 1. The van der Waals surface area contributed by atoms with Gasteiger partial charge in [-0.2, -0.15) is 0 Å². The first-order valence-electron chi connectivity index (χ1n) is 9.28. The summed E-state index contributed by atoms with van der Waals surface area (Å²) < 4.78 is 32.5. The summed E-state index contributed by atoms with van der Waals surface area (Å²) in [5.41, 5.74) is 1.70. The summed E-state index contributed by atoms with van der Waals surface area (Å²) in [6, 6.07) is 13.5. The maximum Gasteiger partial charge on any atom is 0.265 e.